The maximum Gasteiger partial charge on any atom is 0.242 e. The largest absolute Gasteiger partial charge is 0.493 e. The Morgan fingerprint density at radius 3 is 2.54 bits per heavy atom. The van der Waals surface area contributed by atoms with Crippen LogP contribution in [0.3, 0.4) is 0 Å². The van der Waals surface area contributed by atoms with Crippen molar-refractivity contribution in [2.24, 2.45) is 0 Å². The van der Waals surface area contributed by atoms with Gasteiger partial charge in [-0.25, -0.2) is 0 Å². The van der Waals surface area contributed by atoms with Crippen LogP contribution in [0.25, 0.3) is 0 Å². The predicted octanol–water partition coefficient (Wildman–Crippen LogP) is 3.94. The van der Waals surface area contributed by atoms with Gasteiger partial charge >= 0.3 is 0 Å². The Bertz CT molecular complexity index is 758. The number of carbonyl (C=O) groups is 1. The molecule has 28 heavy (non-hydrogen) atoms. The van der Waals surface area contributed by atoms with Crippen LogP contribution in [0, 0.1) is 0 Å². The summed E-state index contributed by atoms with van der Waals surface area (Å²) in [7, 11) is 1.63. The van der Waals surface area contributed by atoms with Crippen LogP contribution in [0.4, 0.5) is 0 Å². The van der Waals surface area contributed by atoms with E-state index in [2.05, 4.69) is 17.1 Å². The lowest BCUT2D eigenvalue weighted by Gasteiger charge is -2.27. The number of carbonyl (C=O) groups excluding carboxylic acids is 1. The maximum atomic E-state index is 13.1. The molecule has 0 aromatic heterocycles. The van der Waals surface area contributed by atoms with Crippen LogP contribution in [0.2, 0.25) is 0 Å². The van der Waals surface area contributed by atoms with Gasteiger partial charge in [0.2, 0.25) is 5.91 Å². The van der Waals surface area contributed by atoms with Crippen molar-refractivity contribution in [2.75, 3.05) is 26.8 Å². The summed E-state index contributed by atoms with van der Waals surface area (Å²) < 4.78 is 11.1. The number of nitrogens with zero attached hydrogens (tertiary/aromatic N) is 1. The van der Waals surface area contributed by atoms with E-state index in [0.717, 1.165) is 49.2 Å². The third-order valence-electron chi connectivity index (χ3n) is 5.03. The highest BCUT2D eigenvalue weighted by molar-refractivity contribution is 5.83. The Labute approximate surface area is 167 Å². The topological polar surface area (TPSA) is 50.8 Å². The molecule has 5 nitrogen and oxygen atoms in total. The van der Waals surface area contributed by atoms with Crippen LogP contribution in [0.1, 0.15) is 43.4 Å². The van der Waals surface area contributed by atoms with E-state index in [0.29, 0.717) is 18.9 Å². The second-order valence-corrected chi connectivity index (χ2v) is 7.11. The summed E-state index contributed by atoms with van der Waals surface area (Å²) in [5.74, 6) is 1.47. The third-order valence-corrected chi connectivity index (χ3v) is 5.03. The number of methoxy groups -OCH3 is 1. The smallest absolute Gasteiger partial charge is 0.242 e. The van der Waals surface area contributed by atoms with Gasteiger partial charge in [-0.3, -0.25) is 9.69 Å². The molecule has 0 saturated carbocycles. The third kappa shape index (κ3) is 5.04. The first-order valence-corrected chi connectivity index (χ1v) is 10.1. The molecule has 0 spiro atoms. The van der Waals surface area contributed by atoms with Gasteiger partial charge in [-0.05, 0) is 55.6 Å². The highest BCUT2D eigenvalue weighted by Crippen LogP contribution is 2.29. The lowest BCUT2D eigenvalue weighted by molar-refractivity contribution is -0.126. The Kier molecular flexibility index (Phi) is 7.31. The van der Waals surface area contributed by atoms with Gasteiger partial charge in [-0.2, -0.15) is 0 Å². The van der Waals surface area contributed by atoms with E-state index in [-0.39, 0.29) is 11.9 Å². The second kappa shape index (κ2) is 10.1. The van der Waals surface area contributed by atoms with Gasteiger partial charge in [0.25, 0.3) is 0 Å². The molecule has 150 valence electrons. The molecule has 1 heterocycles. The molecule has 1 N–H and O–H groups in total. The molecule has 2 aromatic carbocycles. The van der Waals surface area contributed by atoms with Crippen molar-refractivity contribution < 1.29 is 14.3 Å². The van der Waals surface area contributed by atoms with E-state index in [1.54, 1.807) is 7.11 Å². The second-order valence-electron chi connectivity index (χ2n) is 7.11. The fraction of sp³-hybridized carbons (Fsp3) is 0.435. The number of amides is 1. The van der Waals surface area contributed by atoms with Crippen molar-refractivity contribution in [1.29, 1.82) is 0 Å². The van der Waals surface area contributed by atoms with Gasteiger partial charge < -0.3 is 14.8 Å². The molecule has 1 aliphatic heterocycles. The summed E-state index contributed by atoms with van der Waals surface area (Å²) in [6.07, 6.45) is 3.23. The number of rotatable bonds is 9. The van der Waals surface area contributed by atoms with Gasteiger partial charge in [0, 0.05) is 6.54 Å². The van der Waals surface area contributed by atoms with Gasteiger partial charge in [0.15, 0.2) is 11.5 Å². The van der Waals surface area contributed by atoms with Crippen LogP contribution < -0.4 is 14.8 Å². The van der Waals surface area contributed by atoms with Crippen LogP contribution in [-0.2, 0) is 11.3 Å². The Balaban J connectivity index is 1.69. The summed E-state index contributed by atoms with van der Waals surface area (Å²) >= 11 is 0. The number of ether oxygens (including phenoxy) is 2. The van der Waals surface area contributed by atoms with Crippen molar-refractivity contribution in [1.82, 2.24) is 10.2 Å². The Morgan fingerprint density at radius 2 is 1.86 bits per heavy atom. The van der Waals surface area contributed by atoms with E-state index in [9.17, 15) is 4.79 Å². The molecular formula is C23H30N2O3. The van der Waals surface area contributed by atoms with Crippen molar-refractivity contribution in [3.05, 3.63) is 59.7 Å². The zero-order valence-electron chi connectivity index (χ0n) is 16.8. The number of nitrogens with one attached hydrogen (secondary N) is 1. The molecule has 3 rings (SSSR count). The average molecular weight is 383 g/mol. The minimum absolute atomic E-state index is 0.0402. The fourth-order valence-corrected chi connectivity index (χ4v) is 3.60. The molecular weight excluding hydrogens is 352 g/mol. The summed E-state index contributed by atoms with van der Waals surface area (Å²) in [6.45, 7) is 5.11. The number of benzene rings is 2. The van der Waals surface area contributed by atoms with E-state index in [4.69, 9.17) is 9.47 Å². The highest BCUT2D eigenvalue weighted by Gasteiger charge is 2.29. The fourth-order valence-electron chi connectivity index (χ4n) is 3.60. The van der Waals surface area contributed by atoms with Gasteiger partial charge in [0.05, 0.1) is 13.7 Å². The Hall–Kier alpha value is -2.53. The molecule has 1 aliphatic rings. The van der Waals surface area contributed by atoms with E-state index >= 15 is 0 Å². The molecule has 0 aliphatic carbocycles. The number of likely N-dealkylation sites (tertiary alicyclic amines) is 1. The first-order valence-electron chi connectivity index (χ1n) is 10.1. The van der Waals surface area contributed by atoms with Gasteiger partial charge in [-0.1, -0.05) is 43.3 Å². The maximum absolute atomic E-state index is 13.1. The quantitative estimate of drug-likeness (QED) is 0.714. The van der Waals surface area contributed by atoms with Crippen molar-refractivity contribution in [3.63, 3.8) is 0 Å². The number of hydrogen-bond donors (Lipinski definition) is 1. The Morgan fingerprint density at radius 1 is 1.11 bits per heavy atom. The van der Waals surface area contributed by atoms with Crippen LogP contribution in [-0.4, -0.2) is 37.6 Å². The van der Waals surface area contributed by atoms with Crippen molar-refractivity contribution in [2.45, 2.75) is 38.8 Å². The summed E-state index contributed by atoms with van der Waals surface area (Å²) in [4.78, 5) is 15.3. The first-order chi connectivity index (χ1) is 13.7. The molecule has 1 saturated heterocycles. The van der Waals surface area contributed by atoms with E-state index in [1.165, 1.54) is 0 Å². The number of hydrogen-bond acceptors (Lipinski definition) is 4. The summed E-state index contributed by atoms with van der Waals surface area (Å²) in [6, 6.07) is 15.6. The van der Waals surface area contributed by atoms with Gasteiger partial charge in [0.1, 0.15) is 6.04 Å². The molecule has 1 amide bonds. The molecule has 0 bridgehead atoms. The monoisotopic (exact) mass is 382 g/mol. The SMILES string of the molecule is CCCOc1ccc(CNC(=O)C(c2ccccc2)N2CCCC2)cc1OC. The molecule has 1 atom stereocenters. The van der Waals surface area contributed by atoms with Crippen LogP contribution in [0.15, 0.2) is 48.5 Å². The molecule has 0 radical (unpaired) electrons. The summed E-state index contributed by atoms with van der Waals surface area (Å²) in [5, 5.41) is 3.11. The summed E-state index contributed by atoms with van der Waals surface area (Å²) in [5.41, 5.74) is 2.03. The average Bonchev–Trinajstić information content (AvgIpc) is 3.26. The zero-order valence-corrected chi connectivity index (χ0v) is 16.8. The lowest BCUT2D eigenvalue weighted by atomic mass is 10.0. The zero-order chi connectivity index (χ0) is 19.8. The van der Waals surface area contributed by atoms with E-state index < -0.39 is 0 Å². The van der Waals surface area contributed by atoms with Crippen LogP contribution in [0.5, 0.6) is 11.5 Å². The molecule has 5 heteroatoms. The molecule has 1 unspecified atom stereocenters. The van der Waals surface area contributed by atoms with E-state index in [1.807, 2.05) is 48.5 Å². The molecule has 1 fully saturated rings. The minimum Gasteiger partial charge on any atom is -0.493 e. The minimum atomic E-state index is -0.238. The van der Waals surface area contributed by atoms with Crippen molar-refractivity contribution in [3.8, 4) is 11.5 Å². The molecule has 2 aromatic rings. The lowest BCUT2D eigenvalue weighted by Crippen LogP contribution is -2.39. The normalized spacial score (nSPS) is 15.2. The first kappa shape index (κ1) is 20.2. The predicted molar refractivity (Wildman–Crippen MR) is 111 cm³/mol. The standard InChI is InChI=1S/C23H30N2O3/c1-3-15-28-20-12-11-18(16-21(20)27-2)17-24-23(26)22(25-13-7-8-14-25)19-9-5-4-6-10-19/h4-6,9-12,16,22H,3,7-8,13-15,17H2,1-2H3,(H,24,26). The van der Waals surface area contributed by atoms with Crippen molar-refractivity contribution >= 4 is 5.91 Å². The highest BCUT2D eigenvalue weighted by atomic mass is 16.5. The van der Waals surface area contributed by atoms with Crippen LogP contribution >= 0.6 is 0 Å². The van der Waals surface area contributed by atoms with Gasteiger partial charge in [-0.15, -0.1) is 0 Å².